The molecule has 0 bridgehead atoms. The van der Waals surface area contributed by atoms with E-state index in [9.17, 15) is 18.7 Å². The van der Waals surface area contributed by atoms with Gasteiger partial charge in [-0.3, -0.25) is 14.8 Å². The number of aliphatic carboxylic acids is 1. The minimum Gasteiger partial charge on any atom is -0.481 e. The van der Waals surface area contributed by atoms with Crippen LogP contribution in [0.2, 0.25) is 5.02 Å². The van der Waals surface area contributed by atoms with E-state index in [0.717, 1.165) is 5.69 Å². The summed E-state index contributed by atoms with van der Waals surface area (Å²) in [4.78, 5) is 18.8. The lowest BCUT2D eigenvalue weighted by atomic mass is 9.72. The number of H-pyrrole nitrogens is 1. The summed E-state index contributed by atoms with van der Waals surface area (Å²) in [7, 11) is 0. The Morgan fingerprint density at radius 3 is 2.79 bits per heavy atom. The highest BCUT2D eigenvalue weighted by Gasteiger charge is 2.45. The Balaban J connectivity index is 1.52. The van der Waals surface area contributed by atoms with Crippen LogP contribution in [0.5, 0.6) is 0 Å². The van der Waals surface area contributed by atoms with Crippen molar-refractivity contribution in [2.45, 2.75) is 45.7 Å². The Kier molecular flexibility index (Phi) is 6.86. The summed E-state index contributed by atoms with van der Waals surface area (Å²) in [6.45, 7) is 4.50. The molecular weight excluding hydrogens is 464 g/mol. The number of aromatic amines is 1. The van der Waals surface area contributed by atoms with Gasteiger partial charge in [-0.15, -0.1) is 0 Å². The first-order valence-corrected chi connectivity index (χ1v) is 11.4. The van der Waals surface area contributed by atoms with Crippen molar-refractivity contribution >= 4 is 29.2 Å². The molecule has 0 amide bonds. The topological polar surface area (TPSA) is 94.1 Å². The van der Waals surface area contributed by atoms with Gasteiger partial charge in [0.1, 0.15) is 17.5 Å². The maximum Gasteiger partial charge on any atom is 0.310 e. The van der Waals surface area contributed by atoms with E-state index in [1.54, 1.807) is 18.2 Å². The number of hydrogen-bond acceptors (Lipinski definition) is 5. The first-order chi connectivity index (χ1) is 16.2. The summed E-state index contributed by atoms with van der Waals surface area (Å²) < 4.78 is 29.1. The molecule has 0 aliphatic carbocycles. The van der Waals surface area contributed by atoms with Gasteiger partial charge in [0.05, 0.1) is 16.1 Å². The molecule has 0 radical (unpaired) electrons. The molecule has 1 saturated heterocycles. The highest BCUT2D eigenvalue weighted by molar-refractivity contribution is 6.30. The van der Waals surface area contributed by atoms with Crippen molar-refractivity contribution in [1.29, 1.82) is 0 Å². The fraction of sp³-hybridized carbons (Fsp3) is 0.375. The van der Waals surface area contributed by atoms with Crippen LogP contribution in [-0.4, -0.2) is 43.7 Å². The third-order valence-electron chi connectivity index (χ3n) is 6.43. The summed E-state index contributed by atoms with van der Waals surface area (Å²) in [5.41, 5.74) is 0.217. The van der Waals surface area contributed by atoms with Crippen LogP contribution in [0, 0.1) is 24.0 Å². The van der Waals surface area contributed by atoms with Crippen LogP contribution in [0.1, 0.15) is 36.7 Å². The molecule has 1 aliphatic rings. The Morgan fingerprint density at radius 1 is 1.32 bits per heavy atom. The van der Waals surface area contributed by atoms with Crippen molar-refractivity contribution in [1.82, 2.24) is 20.1 Å². The van der Waals surface area contributed by atoms with E-state index in [1.807, 2.05) is 18.7 Å². The van der Waals surface area contributed by atoms with E-state index in [0.29, 0.717) is 30.3 Å². The maximum atomic E-state index is 14.7. The van der Waals surface area contributed by atoms with Crippen molar-refractivity contribution in [3.63, 3.8) is 0 Å². The fourth-order valence-corrected chi connectivity index (χ4v) is 4.74. The number of carboxylic acids is 1. The number of carboxylic acid groups (broad SMARTS) is 1. The van der Waals surface area contributed by atoms with E-state index in [-0.39, 0.29) is 36.0 Å². The summed E-state index contributed by atoms with van der Waals surface area (Å²) in [5.74, 6) is -1.10. The van der Waals surface area contributed by atoms with Gasteiger partial charge in [-0.25, -0.2) is 13.8 Å². The summed E-state index contributed by atoms with van der Waals surface area (Å²) >= 11 is 5.90. The minimum atomic E-state index is -1.18. The number of nitrogens with one attached hydrogen (secondary N) is 2. The molecule has 0 spiro atoms. The highest BCUT2D eigenvalue weighted by Crippen LogP contribution is 2.39. The average Bonchev–Trinajstić information content (AvgIpc) is 3.20. The van der Waals surface area contributed by atoms with Crippen LogP contribution in [0.25, 0.3) is 0 Å². The van der Waals surface area contributed by atoms with Crippen molar-refractivity contribution in [2.24, 2.45) is 5.41 Å². The molecule has 4 rings (SSSR count). The Hall–Kier alpha value is -3.04. The first kappa shape index (κ1) is 24.1. The number of anilines is 2. The van der Waals surface area contributed by atoms with Gasteiger partial charge in [-0.1, -0.05) is 23.7 Å². The summed E-state index contributed by atoms with van der Waals surface area (Å²) in [6, 6.07) is 9.24. The van der Waals surface area contributed by atoms with E-state index < -0.39 is 23.0 Å². The van der Waals surface area contributed by atoms with Gasteiger partial charge >= 0.3 is 5.97 Å². The molecule has 1 unspecified atom stereocenters. The lowest BCUT2D eigenvalue weighted by Crippen LogP contribution is -2.50. The predicted molar refractivity (Wildman–Crippen MR) is 125 cm³/mol. The Bertz CT molecular complexity index is 1200. The second-order valence-corrected chi connectivity index (χ2v) is 9.34. The van der Waals surface area contributed by atoms with Crippen LogP contribution in [0.15, 0.2) is 36.4 Å². The quantitative estimate of drug-likeness (QED) is 0.428. The molecule has 7 nitrogen and oxygen atoms in total. The third kappa shape index (κ3) is 5.05. The first-order valence-electron chi connectivity index (χ1n) is 11.0. The average molecular weight is 490 g/mol. The second kappa shape index (κ2) is 9.68. The van der Waals surface area contributed by atoms with E-state index >= 15 is 0 Å². The van der Waals surface area contributed by atoms with Gasteiger partial charge in [0.2, 0.25) is 0 Å². The van der Waals surface area contributed by atoms with Gasteiger partial charge in [0, 0.05) is 36.3 Å². The summed E-state index contributed by atoms with van der Waals surface area (Å²) in [6.07, 6.45) is 0.515. The standard InChI is InChI=1S/C24H26ClF2N5O2/c1-14-10-21(31-30-14)29-20-7-6-18(26)19(28-20)12-24(23(33)34)8-9-32(15(2)11-24)13-16-4-3-5-17(25)22(16)27/h3-7,10,15H,8-9,11-13H2,1-2H3,(H,33,34)(H2,28,29,30,31)/t15?,24-/m1/s1. The van der Waals surface area contributed by atoms with Crippen LogP contribution in [0.3, 0.4) is 0 Å². The van der Waals surface area contributed by atoms with E-state index in [1.165, 1.54) is 18.2 Å². The molecule has 1 fully saturated rings. The number of halogens is 3. The monoisotopic (exact) mass is 489 g/mol. The van der Waals surface area contributed by atoms with Gasteiger partial charge in [-0.2, -0.15) is 5.10 Å². The molecule has 1 aromatic carbocycles. The lowest BCUT2D eigenvalue weighted by molar-refractivity contribution is -0.153. The van der Waals surface area contributed by atoms with Gasteiger partial charge in [0.15, 0.2) is 5.82 Å². The van der Waals surface area contributed by atoms with Crippen molar-refractivity contribution in [3.05, 3.63) is 70.0 Å². The molecule has 3 heterocycles. The zero-order valence-corrected chi connectivity index (χ0v) is 19.7. The zero-order valence-electron chi connectivity index (χ0n) is 18.9. The van der Waals surface area contributed by atoms with E-state index in [4.69, 9.17) is 11.6 Å². The Labute approximate surface area is 201 Å². The van der Waals surface area contributed by atoms with E-state index in [2.05, 4.69) is 20.5 Å². The zero-order chi connectivity index (χ0) is 24.5. The SMILES string of the molecule is Cc1cc(Nc2ccc(F)c(C[C@@]3(C(=O)O)CCN(Cc4cccc(Cl)c4F)C(C)C3)n2)n[nH]1. The van der Waals surface area contributed by atoms with Crippen LogP contribution in [-0.2, 0) is 17.8 Å². The minimum absolute atomic E-state index is 0.0486. The number of likely N-dealkylation sites (tertiary alicyclic amines) is 1. The number of rotatable bonds is 7. The fourth-order valence-electron chi connectivity index (χ4n) is 4.54. The largest absolute Gasteiger partial charge is 0.481 e. The number of benzene rings is 1. The van der Waals surface area contributed by atoms with Gasteiger partial charge in [0.25, 0.3) is 0 Å². The van der Waals surface area contributed by atoms with Gasteiger partial charge in [-0.05, 0) is 51.4 Å². The smallest absolute Gasteiger partial charge is 0.310 e. The normalized spacial score (nSPS) is 20.9. The number of carbonyl (C=O) groups is 1. The molecule has 3 N–H and O–H groups in total. The Morgan fingerprint density at radius 2 is 2.12 bits per heavy atom. The predicted octanol–water partition coefficient (Wildman–Crippen LogP) is 5.09. The number of aromatic nitrogens is 3. The van der Waals surface area contributed by atoms with Crippen molar-refractivity contribution in [2.75, 3.05) is 11.9 Å². The molecule has 1 aliphatic heterocycles. The van der Waals surface area contributed by atoms with Gasteiger partial charge < -0.3 is 10.4 Å². The van der Waals surface area contributed by atoms with Crippen LogP contribution >= 0.6 is 11.6 Å². The molecule has 34 heavy (non-hydrogen) atoms. The van der Waals surface area contributed by atoms with Crippen LogP contribution < -0.4 is 5.32 Å². The molecule has 10 heteroatoms. The molecule has 2 aromatic heterocycles. The number of hydrogen-bond donors (Lipinski definition) is 3. The number of pyridine rings is 1. The lowest BCUT2D eigenvalue weighted by Gasteiger charge is -2.43. The molecule has 180 valence electrons. The molecular formula is C24H26ClF2N5O2. The molecule has 2 atom stereocenters. The summed E-state index contributed by atoms with van der Waals surface area (Å²) in [5, 5.41) is 20.1. The highest BCUT2D eigenvalue weighted by atomic mass is 35.5. The van der Waals surface area contributed by atoms with Crippen molar-refractivity contribution < 1.29 is 18.7 Å². The number of nitrogens with zero attached hydrogens (tertiary/aromatic N) is 3. The number of piperidine rings is 1. The number of aryl methyl sites for hydroxylation is 1. The van der Waals surface area contributed by atoms with Crippen LogP contribution in [0.4, 0.5) is 20.4 Å². The van der Waals surface area contributed by atoms with Crippen molar-refractivity contribution in [3.8, 4) is 0 Å². The molecule has 3 aromatic rings. The molecule has 0 saturated carbocycles. The maximum absolute atomic E-state index is 14.7. The third-order valence-corrected chi connectivity index (χ3v) is 6.72. The second-order valence-electron chi connectivity index (χ2n) is 8.94.